The molecule has 0 bridgehead atoms. The van der Waals surface area contributed by atoms with E-state index in [1.807, 2.05) is 4.90 Å². The SMILES string of the molecule is COc1ccc(C(=O)OCC(=O)N2CCN(c3ccccc3F)CC2)c(O)c1. The zero-order chi connectivity index (χ0) is 20.1. The van der Waals surface area contributed by atoms with Crippen molar-refractivity contribution >= 4 is 17.6 Å². The number of aromatic hydroxyl groups is 1. The van der Waals surface area contributed by atoms with Crippen LogP contribution >= 0.6 is 0 Å². The maximum atomic E-state index is 13.9. The fourth-order valence-electron chi connectivity index (χ4n) is 3.01. The number of para-hydroxylation sites is 1. The van der Waals surface area contributed by atoms with Crippen molar-refractivity contribution < 1.29 is 28.6 Å². The molecule has 0 saturated carbocycles. The Hall–Kier alpha value is -3.29. The minimum Gasteiger partial charge on any atom is -0.507 e. The maximum absolute atomic E-state index is 13.9. The molecule has 0 aromatic heterocycles. The van der Waals surface area contributed by atoms with Gasteiger partial charge in [0.25, 0.3) is 5.91 Å². The average molecular weight is 388 g/mol. The largest absolute Gasteiger partial charge is 0.507 e. The molecular formula is C20H21FN2O5. The number of amides is 1. The molecule has 1 aliphatic heterocycles. The molecule has 7 nitrogen and oxygen atoms in total. The molecule has 148 valence electrons. The Labute approximate surface area is 161 Å². The number of phenolic OH excluding ortho intramolecular Hbond substituents is 1. The summed E-state index contributed by atoms with van der Waals surface area (Å²) >= 11 is 0. The van der Waals surface area contributed by atoms with Gasteiger partial charge in [-0.05, 0) is 24.3 Å². The molecular weight excluding hydrogens is 367 g/mol. The quantitative estimate of drug-likeness (QED) is 0.790. The smallest absolute Gasteiger partial charge is 0.342 e. The van der Waals surface area contributed by atoms with Crippen molar-refractivity contribution in [1.82, 2.24) is 4.90 Å². The Bertz CT molecular complexity index is 865. The van der Waals surface area contributed by atoms with Crippen LogP contribution < -0.4 is 9.64 Å². The minimum absolute atomic E-state index is 0.0435. The Morgan fingerprint density at radius 1 is 1.11 bits per heavy atom. The number of ether oxygens (including phenoxy) is 2. The van der Waals surface area contributed by atoms with Crippen LogP contribution in [-0.2, 0) is 9.53 Å². The van der Waals surface area contributed by atoms with Crippen LogP contribution in [0, 0.1) is 5.82 Å². The summed E-state index contributed by atoms with van der Waals surface area (Å²) in [5.41, 5.74) is 0.467. The van der Waals surface area contributed by atoms with Crippen molar-refractivity contribution in [3.8, 4) is 11.5 Å². The number of hydrogen-bond donors (Lipinski definition) is 1. The number of anilines is 1. The first-order chi connectivity index (χ1) is 13.5. The molecule has 1 N–H and O–H groups in total. The van der Waals surface area contributed by atoms with Gasteiger partial charge in [-0.3, -0.25) is 4.79 Å². The molecule has 0 atom stereocenters. The van der Waals surface area contributed by atoms with Gasteiger partial charge >= 0.3 is 5.97 Å². The van der Waals surface area contributed by atoms with Gasteiger partial charge in [0, 0.05) is 32.2 Å². The predicted molar refractivity (Wildman–Crippen MR) is 100 cm³/mol. The summed E-state index contributed by atoms with van der Waals surface area (Å²) in [6.45, 7) is 1.35. The molecule has 2 aromatic rings. The zero-order valence-corrected chi connectivity index (χ0v) is 15.4. The molecule has 1 aliphatic rings. The van der Waals surface area contributed by atoms with Gasteiger partial charge in [0.15, 0.2) is 6.61 Å². The highest BCUT2D eigenvalue weighted by Gasteiger charge is 2.24. The minimum atomic E-state index is -0.793. The van der Waals surface area contributed by atoms with Crippen LogP contribution in [0.15, 0.2) is 42.5 Å². The lowest BCUT2D eigenvalue weighted by Gasteiger charge is -2.36. The van der Waals surface area contributed by atoms with Crippen LogP contribution in [0.3, 0.4) is 0 Å². The van der Waals surface area contributed by atoms with E-state index in [-0.39, 0.29) is 23.0 Å². The Morgan fingerprint density at radius 2 is 1.82 bits per heavy atom. The number of nitrogens with zero attached hydrogens (tertiary/aromatic N) is 2. The number of carbonyl (C=O) groups is 2. The monoisotopic (exact) mass is 388 g/mol. The van der Waals surface area contributed by atoms with Gasteiger partial charge in [0.1, 0.15) is 22.9 Å². The van der Waals surface area contributed by atoms with E-state index < -0.39 is 12.6 Å². The second-order valence-corrected chi connectivity index (χ2v) is 6.28. The number of esters is 1. The van der Waals surface area contributed by atoms with Crippen molar-refractivity contribution in [3.05, 3.63) is 53.8 Å². The fraction of sp³-hybridized carbons (Fsp3) is 0.300. The molecule has 3 rings (SSSR count). The first-order valence-corrected chi connectivity index (χ1v) is 8.81. The molecule has 1 heterocycles. The van der Waals surface area contributed by atoms with Gasteiger partial charge in [0.05, 0.1) is 12.8 Å². The van der Waals surface area contributed by atoms with Crippen molar-refractivity contribution in [2.45, 2.75) is 0 Å². The average Bonchev–Trinajstić information content (AvgIpc) is 2.72. The van der Waals surface area contributed by atoms with E-state index in [9.17, 15) is 19.1 Å². The number of rotatable bonds is 5. The van der Waals surface area contributed by atoms with Gasteiger partial charge < -0.3 is 24.4 Å². The summed E-state index contributed by atoms with van der Waals surface area (Å²) < 4.78 is 23.9. The third kappa shape index (κ3) is 4.33. The molecule has 1 saturated heterocycles. The van der Waals surface area contributed by atoms with Gasteiger partial charge in [-0.15, -0.1) is 0 Å². The third-order valence-corrected chi connectivity index (χ3v) is 4.58. The van der Waals surface area contributed by atoms with Crippen molar-refractivity contribution in [3.63, 3.8) is 0 Å². The Morgan fingerprint density at radius 3 is 2.46 bits per heavy atom. The number of piperazine rings is 1. The standard InChI is InChI=1S/C20H21FN2O5/c1-27-14-6-7-15(18(24)12-14)20(26)28-13-19(25)23-10-8-22(9-11-23)17-5-3-2-4-16(17)21/h2-7,12,24H,8-11,13H2,1H3. The van der Waals surface area contributed by atoms with Crippen LogP contribution in [0.25, 0.3) is 0 Å². The summed E-state index contributed by atoms with van der Waals surface area (Å²) in [5, 5.41) is 9.85. The fourth-order valence-corrected chi connectivity index (χ4v) is 3.01. The molecule has 2 aromatic carbocycles. The van der Waals surface area contributed by atoms with E-state index in [2.05, 4.69) is 0 Å². The Kier molecular flexibility index (Phi) is 5.98. The molecule has 0 radical (unpaired) electrons. The van der Waals surface area contributed by atoms with E-state index in [1.165, 1.54) is 31.4 Å². The second kappa shape index (κ2) is 8.60. The molecule has 0 aliphatic carbocycles. The van der Waals surface area contributed by atoms with Gasteiger partial charge in [0.2, 0.25) is 0 Å². The molecule has 0 spiro atoms. The topological polar surface area (TPSA) is 79.3 Å². The number of phenols is 1. The van der Waals surface area contributed by atoms with E-state index in [1.54, 1.807) is 23.1 Å². The highest BCUT2D eigenvalue weighted by atomic mass is 19.1. The van der Waals surface area contributed by atoms with Gasteiger partial charge in [-0.2, -0.15) is 0 Å². The van der Waals surface area contributed by atoms with Gasteiger partial charge in [-0.25, -0.2) is 9.18 Å². The van der Waals surface area contributed by atoms with E-state index in [0.717, 1.165) is 0 Å². The van der Waals surface area contributed by atoms with Crippen LogP contribution in [0.4, 0.5) is 10.1 Å². The van der Waals surface area contributed by atoms with Crippen molar-refractivity contribution in [1.29, 1.82) is 0 Å². The predicted octanol–water partition coefficient (Wildman–Crippen LogP) is 2.05. The normalized spacial score (nSPS) is 13.9. The number of carbonyl (C=O) groups excluding carboxylic acids is 2. The first-order valence-electron chi connectivity index (χ1n) is 8.81. The van der Waals surface area contributed by atoms with Crippen molar-refractivity contribution in [2.75, 3.05) is 44.8 Å². The van der Waals surface area contributed by atoms with E-state index >= 15 is 0 Å². The van der Waals surface area contributed by atoms with Gasteiger partial charge in [-0.1, -0.05) is 12.1 Å². The summed E-state index contributed by atoms with van der Waals surface area (Å²) in [7, 11) is 1.44. The lowest BCUT2D eigenvalue weighted by molar-refractivity contribution is -0.134. The first kappa shape index (κ1) is 19.5. The van der Waals surface area contributed by atoms with E-state index in [0.29, 0.717) is 37.6 Å². The zero-order valence-electron chi connectivity index (χ0n) is 15.4. The lowest BCUT2D eigenvalue weighted by atomic mass is 10.2. The highest BCUT2D eigenvalue weighted by molar-refractivity contribution is 5.94. The number of methoxy groups -OCH3 is 1. The summed E-state index contributed by atoms with van der Waals surface area (Å²) in [4.78, 5) is 27.8. The second-order valence-electron chi connectivity index (χ2n) is 6.28. The highest BCUT2D eigenvalue weighted by Crippen LogP contribution is 2.24. The summed E-state index contributed by atoms with van der Waals surface area (Å²) in [5.74, 6) is -1.31. The molecule has 8 heteroatoms. The van der Waals surface area contributed by atoms with Crippen LogP contribution in [0.5, 0.6) is 11.5 Å². The van der Waals surface area contributed by atoms with Crippen molar-refractivity contribution in [2.24, 2.45) is 0 Å². The molecule has 0 unspecified atom stereocenters. The lowest BCUT2D eigenvalue weighted by Crippen LogP contribution is -2.50. The number of benzene rings is 2. The number of hydrogen-bond acceptors (Lipinski definition) is 6. The van der Waals surface area contributed by atoms with Crippen LogP contribution in [0.1, 0.15) is 10.4 Å². The Balaban J connectivity index is 1.51. The molecule has 1 fully saturated rings. The van der Waals surface area contributed by atoms with Crippen LogP contribution in [-0.4, -0.2) is 61.8 Å². The third-order valence-electron chi connectivity index (χ3n) is 4.58. The summed E-state index contributed by atoms with van der Waals surface area (Å²) in [6, 6.07) is 10.7. The number of halogens is 1. The summed E-state index contributed by atoms with van der Waals surface area (Å²) in [6.07, 6.45) is 0. The maximum Gasteiger partial charge on any atom is 0.342 e. The molecule has 28 heavy (non-hydrogen) atoms. The molecule has 1 amide bonds. The van der Waals surface area contributed by atoms with Crippen LogP contribution in [0.2, 0.25) is 0 Å². The van der Waals surface area contributed by atoms with E-state index in [4.69, 9.17) is 9.47 Å².